The lowest BCUT2D eigenvalue weighted by molar-refractivity contribution is 0.0696. The molecular formula is C13H13NO4. The summed E-state index contributed by atoms with van der Waals surface area (Å²) in [4.78, 5) is 10.7. The van der Waals surface area contributed by atoms with E-state index in [2.05, 4.69) is 5.32 Å². The van der Waals surface area contributed by atoms with Crippen molar-refractivity contribution < 1.29 is 19.1 Å². The summed E-state index contributed by atoms with van der Waals surface area (Å²) in [6, 6.07) is 8.95. The van der Waals surface area contributed by atoms with Crippen molar-refractivity contribution in [2.45, 2.75) is 6.54 Å². The first kappa shape index (κ1) is 12.0. The Morgan fingerprint density at radius 3 is 2.94 bits per heavy atom. The number of hydrogen-bond acceptors (Lipinski definition) is 4. The van der Waals surface area contributed by atoms with Gasteiger partial charge in [0, 0.05) is 11.8 Å². The van der Waals surface area contributed by atoms with Crippen molar-refractivity contribution in [3.05, 3.63) is 47.9 Å². The highest BCUT2D eigenvalue weighted by Crippen LogP contribution is 2.18. The van der Waals surface area contributed by atoms with E-state index in [1.807, 2.05) is 24.3 Å². The van der Waals surface area contributed by atoms with E-state index < -0.39 is 5.97 Å². The first-order valence-electron chi connectivity index (χ1n) is 5.37. The van der Waals surface area contributed by atoms with E-state index in [4.69, 9.17) is 14.3 Å². The average Bonchev–Trinajstić information content (AvgIpc) is 2.85. The molecule has 2 rings (SSSR count). The number of carboxylic acids is 1. The maximum Gasteiger partial charge on any atom is 0.338 e. The smallest absolute Gasteiger partial charge is 0.338 e. The molecule has 1 heterocycles. The first-order valence-corrected chi connectivity index (χ1v) is 5.37. The number of anilines is 1. The highest BCUT2D eigenvalue weighted by molar-refractivity contribution is 5.87. The van der Waals surface area contributed by atoms with Crippen LogP contribution in [0.5, 0.6) is 5.75 Å². The molecular weight excluding hydrogens is 234 g/mol. The van der Waals surface area contributed by atoms with E-state index in [0.29, 0.717) is 12.3 Å². The Balaban J connectivity index is 1.99. The molecule has 0 saturated carbocycles. The van der Waals surface area contributed by atoms with Crippen molar-refractivity contribution in [3.8, 4) is 5.75 Å². The minimum Gasteiger partial charge on any atom is -0.497 e. The number of hydrogen-bond donors (Lipinski definition) is 2. The van der Waals surface area contributed by atoms with E-state index in [9.17, 15) is 4.79 Å². The fourth-order valence-electron chi connectivity index (χ4n) is 1.51. The molecule has 0 aliphatic rings. The molecule has 2 aromatic rings. The third-order valence-corrected chi connectivity index (χ3v) is 2.44. The minimum absolute atomic E-state index is 0.150. The Morgan fingerprint density at radius 1 is 1.44 bits per heavy atom. The van der Waals surface area contributed by atoms with Crippen molar-refractivity contribution >= 4 is 11.7 Å². The molecule has 0 aliphatic heterocycles. The van der Waals surface area contributed by atoms with Crippen LogP contribution in [0, 0.1) is 0 Å². The number of ether oxygens (including phenoxy) is 1. The predicted octanol–water partition coefficient (Wildman–Crippen LogP) is 2.60. The van der Waals surface area contributed by atoms with Gasteiger partial charge in [0.05, 0.1) is 19.2 Å². The topological polar surface area (TPSA) is 71.7 Å². The number of furan rings is 1. The lowest BCUT2D eigenvalue weighted by atomic mass is 10.3. The van der Waals surface area contributed by atoms with E-state index in [1.54, 1.807) is 7.11 Å². The highest BCUT2D eigenvalue weighted by atomic mass is 16.5. The zero-order chi connectivity index (χ0) is 13.0. The molecule has 18 heavy (non-hydrogen) atoms. The van der Waals surface area contributed by atoms with E-state index in [0.717, 1.165) is 11.4 Å². The van der Waals surface area contributed by atoms with Gasteiger partial charge >= 0.3 is 5.97 Å². The van der Waals surface area contributed by atoms with Gasteiger partial charge in [-0.15, -0.1) is 0 Å². The summed E-state index contributed by atoms with van der Waals surface area (Å²) >= 11 is 0. The number of benzene rings is 1. The van der Waals surface area contributed by atoms with Crippen LogP contribution in [0.4, 0.5) is 5.69 Å². The predicted molar refractivity (Wildman–Crippen MR) is 66.0 cm³/mol. The Hall–Kier alpha value is -2.43. The van der Waals surface area contributed by atoms with Gasteiger partial charge in [0.1, 0.15) is 17.8 Å². The van der Waals surface area contributed by atoms with Gasteiger partial charge in [0.2, 0.25) is 0 Å². The van der Waals surface area contributed by atoms with Crippen molar-refractivity contribution in [2.75, 3.05) is 12.4 Å². The average molecular weight is 247 g/mol. The normalized spacial score (nSPS) is 10.1. The summed E-state index contributed by atoms with van der Waals surface area (Å²) in [6.07, 6.45) is 1.23. The van der Waals surface area contributed by atoms with Crippen LogP contribution in [0.3, 0.4) is 0 Å². The van der Waals surface area contributed by atoms with Crippen molar-refractivity contribution in [3.63, 3.8) is 0 Å². The summed E-state index contributed by atoms with van der Waals surface area (Å²) in [5.41, 5.74) is 1.03. The molecule has 94 valence electrons. The highest BCUT2D eigenvalue weighted by Gasteiger charge is 2.07. The zero-order valence-electron chi connectivity index (χ0n) is 9.84. The Bertz CT molecular complexity index is 547. The summed E-state index contributed by atoms with van der Waals surface area (Å²) in [5, 5.41) is 11.9. The zero-order valence-corrected chi connectivity index (χ0v) is 9.84. The van der Waals surface area contributed by atoms with E-state index >= 15 is 0 Å². The second-order valence-electron chi connectivity index (χ2n) is 3.69. The fraction of sp³-hybridized carbons (Fsp3) is 0.154. The molecule has 0 spiro atoms. The summed E-state index contributed by atoms with van der Waals surface area (Å²) in [5.74, 6) is 0.326. The molecule has 0 bridgehead atoms. The summed E-state index contributed by atoms with van der Waals surface area (Å²) in [7, 11) is 1.60. The second kappa shape index (κ2) is 5.27. The first-order chi connectivity index (χ1) is 8.69. The van der Waals surface area contributed by atoms with Gasteiger partial charge in [-0.05, 0) is 18.2 Å². The number of carboxylic acid groups (broad SMARTS) is 1. The molecule has 0 amide bonds. The molecule has 1 aromatic carbocycles. The third-order valence-electron chi connectivity index (χ3n) is 2.44. The van der Waals surface area contributed by atoms with Crippen LogP contribution >= 0.6 is 0 Å². The lowest BCUT2D eigenvalue weighted by Crippen LogP contribution is -1.98. The number of rotatable bonds is 5. The van der Waals surface area contributed by atoms with E-state index in [1.165, 1.54) is 12.3 Å². The maximum atomic E-state index is 10.7. The second-order valence-corrected chi connectivity index (χ2v) is 3.69. The number of methoxy groups -OCH3 is 1. The van der Waals surface area contributed by atoms with Gasteiger partial charge in [0.15, 0.2) is 0 Å². The minimum atomic E-state index is -0.994. The SMILES string of the molecule is COc1cccc(NCc2cc(C(=O)O)co2)c1. The number of aromatic carboxylic acids is 1. The summed E-state index contributed by atoms with van der Waals surface area (Å²) in [6.45, 7) is 0.417. The van der Waals surface area contributed by atoms with Gasteiger partial charge < -0.3 is 19.6 Å². The van der Waals surface area contributed by atoms with Gasteiger partial charge in [-0.25, -0.2) is 4.79 Å². The maximum absolute atomic E-state index is 10.7. The van der Waals surface area contributed by atoms with Crippen LogP contribution in [-0.4, -0.2) is 18.2 Å². The van der Waals surface area contributed by atoms with Crippen molar-refractivity contribution in [1.82, 2.24) is 0 Å². The summed E-state index contributed by atoms with van der Waals surface area (Å²) < 4.78 is 10.2. The van der Waals surface area contributed by atoms with Crippen molar-refractivity contribution in [1.29, 1.82) is 0 Å². The molecule has 0 fully saturated rings. The Morgan fingerprint density at radius 2 is 2.28 bits per heavy atom. The van der Waals surface area contributed by atoms with Crippen LogP contribution in [0.15, 0.2) is 41.0 Å². The van der Waals surface area contributed by atoms with Crippen LogP contribution in [0.1, 0.15) is 16.1 Å². The fourth-order valence-corrected chi connectivity index (χ4v) is 1.51. The quantitative estimate of drug-likeness (QED) is 0.849. The van der Waals surface area contributed by atoms with E-state index in [-0.39, 0.29) is 5.56 Å². The van der Waals surface area contributed by atoms with Crippen LogP contribution in [0.25, 0.3) is 0 Å². The van der Waals surface area contributed by atoms with Gasteiger partial charge in [0.25, 0.3) is 0 Å². The Kier molecular flexibility index (Phi) is 3.52. The number of carbonyl (C=O) groups is 1. The third kappa shape index (κ3) is 2.82. The van der Waals surface area contributed by atoms with Gasteiger partial charge in [-0.3, -0.25) is 0 Å². The largest absolute Gasteiger partial charge is 0.497 e. The molecule has 0 saturated heterocycles. The number of nitrogens with one attached hydrogen (secondary N) is 1. The van der Waals surface area contributed by atoms with Crippen LogP contribution in [-0.2, 0) is 6.54 Å². The molecule has 0 aliphatic carbocycles. The molecule has 0 atom stereocenters. The molecule has 0 unspecified atom stereocenters. The van der Waals surface area contributed by atoms with Gasteiger partial charge in [-0.1, -0.05) is 6.07 Å². The van der Waals surface area contributed by atoms with Crippen LogP contribution < -0.4 is 10.1 Å². The molecule has 0 radical (unpaired) electrons. The monoisotopic (exact) mass is 247 g/mol. The molecule has 5 nitrogen and oxygen atoms in total. The standard InChI is InChI=1S/C13H13NO4/c1-17-11-4-2-3-10(6-11)14-7-12-5-9(8-18-12)13(15)16/h2-6,8,14H,7H2,1H3,(H,15,16). The lowest BCUT2D eigenvalue weighted by Gasteiger charge is -2.06. The molecule has 2 N–H and O–H groups in total. The van der Waals surface area contributed by atoms with Gasteiger partial charge in [-0.2, -0.15) is 0 Å². The Labute approximate surface area is 104 Å². The van der Waals surface area contributed by atoms with Crippen LogP contribution in [0.2, 0.25) is 0 Å². The molecule has 1 aromatic heterocycles. The molecule has 5 heteroatoms. The van der Waals surface area contributed by atoms with Crippen molar-refractivity contribution in [2.24, 2.45) is 0 Å².